The molecule has 32 heavy (non-hydrogen) atoms. The van der Waals surface area contributed by atoms with E-state index in [4.69, 9.17) is 9.47 Å². The minimum absolute atomic E-state index is 0.00624. The number of rotatable bonds is 8. The monoisotopic (exact) mass is 499 g/mol. The van der Waals surface area contributed by atoms with Gasteiger partial charge in [0, 0.05) is 4.47 Å². The number of ether oxygens (including phenoxy) is 2. The molecule has 0 saturated heterocycles. The number of carbonyl (C=O) groups excluding carboxylic acids is 1. The van der Waals surface area contributed by atoms with Gasteiger partial charge in [-0.05, 0) is 29.8 Å². The van der Waals surface area contributed by atoms with Crippen molar-refractivity contribution in [2.45, 2.75) is 6.61 Å². The topological polar surface area (TPSA) is 123 Å². The van der Waals surface area contributed by atoms with E-state index in [0.717, 1.165) is 11.8 Å². The quantitative estimate of drug-likeness (QED) is 0.268. The maximum Gasteiger partial charge on any atom is 0.282 e. The van der Waals surface area contributed by atoms with Crippen LogP contribution < -0.4 is 14.9 Å². The summed E-state index contributed by atoms with van der Waals surface area (Å²) in [6.07, 6.45) is 1.12. The predicted molar refractivity (Wildman–Crippen MR) is 121 cm³/mol. The lowest BCUT2D eigenvalue weighted by molar-refractivity contribution is -0.385. The molecule has 3 aromatic carbocycles. The fourth-order valence-electron chi connectivity index (χ4n) is 2.74. The van der Waals surface area contributed by atoms with Crippen molar-refractivity contribution in [1.29, 1.82) is 0 Å². The molecule has 3 aromatic rings. The summed E-state index contributed by atoms with van der Waals surface area (Å²) < 4.78 is 11.6. The van der Waals surface area contributed by atoms with Crippen LogP contribution in [0.15, 0.2) is 70.2 Å². The smallest absolute Gasteiger partial charge is 0.282 e. The lowest BCUT2D eigenvalue weighted by Crippen LogP contribution is -2.17. The van der Waals surface area contributed by atoms with Crippen LogP contribution in [0.2, 0.25) is 0 Å². The first-order chi connectivity index (χ1) is 15.4. The number of amides is 1. The molecule has 0 fully saturated rings. The van der Waals surface area contributed by atoms with Gasteiger partial charge in [0.1, 0.15) is 12.4 Å². The SMILES string of the molecule is COc1cc(/C=N/NC(=O)c2cc(Br)ccc2O)c([N+](=O)[O-])cc1OCc1ccccc1. The number of hydrogen-bond acceptors (Lipinski definition) is 7. The van der Waals surface area contributed by atoms with E-state index in [1.807, 2.05) is 30.3 Å². The third-order valence-corrected chi connectivity index (χ3v) is 4.81. The second-order valence-electron chi connectivity index (χ2n) is 6.45. The molecule has 0 bridgehead atoms. The van der Waals surface area contributed by atoms with E-state index in [1.54, 1.807) is 6.07 Å². The van der Waals surface area contributed by atoms with Crippen LogP contribution in [0.4, 0.5) is 5.69 Å². The number of phenols is 1. The van der Waals surface area contributed by atoms with Crippen LogP contribution in [0.1, 0.15) is 21.5 Å². The summed E-state index contributed by atoms with van der Waals surface area (Å²) in [6, 6.07) is 16.3. The maximum atomic E-state index is 12.2. The van der Waals surface area contributed by atoms with Crippen molar-refractivity contribution in [2.75, 3.05) is 7.11 Å². The van der Waals surface area contributed by atoms with Gasteiger partial charge < -0.3 is 14.6 Å². The molecule has 0 aromatic heterocycles. The molecule has 0 saturated carbocycles. The van der Waals surface area contributed by atoms with Crippen LogP contribution in [0.25, 0.3) is 0 Å². The zero-order chi connectivity index (χ0) is 23.1. The summed E-state index contributed by atoms with van der Waals surface area (Å²) in [5.74, 6) is -0.446. The molecule has 0 spiro atoms. The first kappa shape index (κ1) is 22.8. The highest BCUT2D eigenvalue weighted by Gasteiger charge is 2.19. The minimum atomic E-state index is -0.683. The molecule has 1 amide bonds. The van der Waals surface area contributed by atoms with E-state index in [9.17, 15) is 20.0 Å². The average molecular weight is 500 g/mol. The largest absolute Gasteiger partial charge is 0.507 e. The second-order valence-corrected chi connectivity index (χ2v) is 7.37. The van der Waals surface area contributed by atoms with Gasteiger partial charge in [0.2, 0.25) is 0 Å². The highest BCUT2D eigenvalue weighted by Crippen LogP contribution is 2.34. The minimum Gasteiger partial charge on any atom is -0.507 e. The van der Waals surface area contributed by atoms with E-state index in [2.05, 4.69) is 26.5 Å². The van der Waals surface area contributed by atoms with Crippen LogP contribution in [0.5, 0.6) is 17.2 Å². The summed E-state index contributed by atoms with van der Waals surface area (Å²) in [5, 5.41) is 25.2. The van der Waals surface area contributed by atoms with Crippen molar-refractivity contribution in [3.05, 3.63) is 91.9 Å². The number of aromatic hydroxyl groups is 1. The van der Waals surface area contributed by atoms with Crippen LogP contribution >= 0.6 is 15.9 Å². The zero-order valence-electron chi connectivity index (χ0n) is 16.8. The molecular weight excluding hydrogens is 482 g/mol. The van der Waals surface area contributed by atoms with Crippen LogP contribution in [-0.4, -0.2) is 29.3 Å². The van der Waals surface area contributed by atoms with Crippen LogP contribution in [0, 0.1) is 10.1 Å². The third kappa shape index (κ3) is 5.61. The number of nitro groups is 1. The number of carbonyl (C=O) groups is 1. The Morgan fingerprint density at radius 1 is 1.19 bits per heavy atom. The van der Waals surface area contributed by atoms with Crippen molar-refractivity contribution in [2.24, 2.45) is 5.10 Å². The summed E-state index contributed by atoms with van der Waals surface area (Å²) >= 11 is 3.21. The van der Waals surface area contributed by atoms with E-state index >= 15 is 0 Å². The van der Waals surface area contributed by atoms with Crippen molar-refractivity contribution < 1.29 is 24.3 Å². The molecule has 0 unspecified atom stereocenters. The number of benzene rings is 3. The Morgan fingerprint density at radius 2 is 1.94 bits per heavy atom. The molecular formula is C22H18BrN3O6. The zero-order valence-corrected chi connectivity index (χ0v) is 18.4. The number of nitro benzene ring substituents is 1. The molecule has 3 rings (SSSR count). The molecule has 164 valence electrons. The van der Waals surface area contributed by atoms with Gasteiger partial charge in [-0.15, -0.1) is 0 Å². The van der Waals surface area contributed by atoms with Crippen LogP contribution in [-0.2, 0) is 6.61 Å². The Morgan fingerprint density at radius 3 is 2.62 bits per heavy atom. The van der Waals surface area contributed by atoms with E-state index in [0.29, 0.717) is 4.47 Å². The highest BCUT2D eigenvalue weighted by molar-refractivity contribution is 9.10. The summed E-state index contributed by atoms with van der Waals surface area (Å²) in [6.45, 7) is 0.202. The Hall–Kier alpha value is -3.92. The highest BCUT2D eigenvalue weighted by atomic mass is 79.9. The number of hydrazone groups is 1. The van der Waals surface area contributed by atoms with Gasteiger partial charge in [-0.3, -0.25) is 14.9 Å². The van der Waals surface area contributed by atoms with E-state index in [1.165, 1.54) is 31.4 Å². The number of nitrogens with one attached hydrogen (secondary N) is 1. The molecule has 0 aliphatic rings. The third-order valence-electron chi connectivity index (χ3n) is 4.32. The van der Waals surface area contributed by atoms with Gasteiger partial charge in [0.15, 0.2) is 11.5 Å². The summed E-state index contributed by atoms with van der Waals surface area (Å²) in [4.78, 5) is 23.2. The maximum absolute atomic E-state index is 12.2. The van der Waals surface area contributed by atoms with Gasteiger partial charge in [0.05, 0.1) is 35.4 Å². The number of hydrogen-bond donors (Lipinski definition) is 2. The van der Waals surface area contributed by atoms with E-state index < -0.39 is 10.8 Å². The first-order valence-corrected chi connectivity index (χ1v) is 10.0. The average Bonchev–Trinajstić information content (AvgIpc) is 2.79. The fraction of sp³-hybridized carbons (Fsp3) is 0.0909. The van der Waals surface area contributed by atoms with Crippen LogP contribution in [0.3, 0.4) is 0 Å². The summed E-state index contributed by atoms with van der Waals surface area (Å²) in [5.41, 5.74) is 2.93. The fourth-order valence-corrected chi connectivity index (χ4v) is 3.11. The number of halogens is 1. The molecule has 0 aliphatic carbocycles. The van der Waals surface area contributed by atoms with Gasteiger partial charge in [-0.2, -0.15) is 5.10 Å². The van der Waals surface area contributed by atoms with Crippen molar-refractivity contribution in [3.63, 3.8) is 0 Å². The normalized spacial score (nSPS) is 10.7. The lowest BCUT2D eigenvalue weighted by Gasteiger charge is -2.12. The molecule has 2 N–H and O–H groups in total. The lowest BCUT2D eigenvalue weighted by atomic mass is 10.1. The second kappa shape index (κ2) is 10.4. The molecule has 0 heterocycles. The van der Waals surface area contributed by atoms with Gasteiger partial charge in [-0.1, -0.05) is 46.3 Å². The number of phenolic OH excluding ortho intramolecular Hbond substituents is 1. The summed E-state index contributed by atoms with van der Waals surface area (Å²) in [7, 11) is 1.41. The molecule has 10 heteroatoms. The molecule has 0 radical (unpaired) electrons. The van der Waals surface area contributed by atoms with Gasteiger partial charge in [-0.25, -0.2) is 5.43 Å². The number of nitrogens with zero attached hydrogens (tertiary/aromatic N) is 2. The Labute approximate surface area is 191 Å². The Kier molecular flexibility index (Phi) is 7.40. The Bertz CT molecular complexity index is 1170. The number of methoxy groups -OCH3 is 1. The molecule has 0 atom stereocenters. The van der Waals surface area contributed by atoms with Crippen molar-refractivity contribution >= 4 is 33.7 Å². The van der Waals surface area contributed by atoms with Crippen molar-refractivity contribution in [1.82, 2.24) is 5.43 Å². The molecule has 9 nitrogen and oxygen atoms in total. The first-order valence-electron chi connectivity index (χ1n) is 9.24. The van der Waals surface area contributed by atoms with Gasteiger partial charge >= 0.3 is 0 Å². The van der Waals surface area contributed by atoms with Gasteiger partial charge in [0.25, 0.3) is 11.6 Å². The standard InChI is InChI=1S/C22H18BrN3O6/c1-31-20-9-15(12-24-25-22(28)17-10-16(23)7-8-19(17)27)18(26(29)30)11-21(20)32-13-14-5-3-2-4-6-14/h2-12,27H,13H2,1H3,(H,25,28)/b24-12+. The molecule has 0 aliphatic heterocycles. The van der Waals surface area contributed by atoms with Crippen molar-refractivity contribution in [3.8, 4) is 17.2 Å². The Balaban J connectivity index is 1.81. The van der Waals surface area contributed by atoms with E-state index in [-0.39, 0.29) is 40.7 Å². The predicted octanol–water partition coefficient (Wildman–Crippen LogP) is 4.41.